The lowest BCUT2D eigenvalue weighted by Crippen LogP contribution is -2.04. The van der Waals surface area contributed by atoms with Crippen LogP contribution >= 0.6 is 11.8 Å². The summed E-state index contributed by atoms with van der Waals surface area (Å²) < 4.78 is 4.72. The zero-order chi connectivity index (χ0) is 19.2. The number of aromatic nitrogens is 1. The van der Waals surface area contributed by atoms with Crippen LogP contribution in [0.1, 0.15) is 11.1 Å². The van der Waals surface area contributed by atoms with Gasteiger partial charge >= 0.3 is 5.97 Å². The number of benzene rings is 2. The second-order valence-corrected chi connectivity index (χ2v) is 6.91. The van der Waals surface area contributed by atoms with Crippen LogP contribution < -0.4 is 0 Å². The molecule has 0 spiro atoms. The van der Waals surface area contributed by atoms with Gasteiger partial charge in [0.1, 0.15) is 11.1 Å². The van der Waals surface area contributed by atoms with Gasteiger partial charge in [0.2, 0.25) is 0 Å². The van der Waals surface area contributed by atoms with Crippen molar-refractivity contribution in [2.24, 2.45) is 0 Å². The molecule has 0 saturated carbocycles. The molecule has 0 aliphatic rings. The van der Waals surface area contributed by atoms with Crippen molar-refractivity contribution in [2.75, 3.05) is 12.9 Å². The lowest BCUT2D eigenvalue weighted by atomic mass is 9.99. The Hall–Kier alpha value is -3.10. The Balaban J connectivity index is 2.16. The van der Waals surface area contributed by atoms with Crippen molar-refractivity contribution in [1.29, 1.82) is 5.26 Å². The van der Waals surface area contributed by atoms with Crippen molar-refractivity contribution in [3.63, 3.8) is 0 Å². The summed E-state index contributed by atoms with van der Waals surface area (Å²) >= 11 is 1.22. The van der Waals surface area contributed by atoms with Crippen LogP contribution in [-0.2, 0) is 9.53 Å². The van der Waals surface area contributed by atoms with E-state index >= 15 is 0 Å². The quantitative estimate of drug-likeness (QED) is 0.471. The van der Waals surface area contributed by atoms with E-state index in [0.29, 0.717) is 10.6 Å². The average Bonchev–Trinajstić information content (AvgIpc) is 2.72. The van der Waals surface area contributed by atoms with Crippen molar-refractivity contribution < 1.29 is 9.53 Å². The van der Waals surface area contributed by atoms with Crippen molar-refractivity contribution in [1.82, 2.24) is 4.98 Å². The van der Waals surface area contributed by atoms with E-state index < -0.39 is 0 Å². The lowest BCUT2D eigenvalue weighted by molar-refractivity contribution is -0.137. The predicted octanol–water partition coefficient (Wildman–Crippen LogP) is 4.86. The van der Waals surface area contributed by atoms with Crippen molar-refractivity contribution in [3.8, 4) is 28.5 Å². The van der Waals surface area contributed by atoms with Gasteiger partial charge in [0.15, 0.2) is 0 Å². The molecule has 0 bridgehead atoms. The van der Waals surface area contributed by atoms with Gasteiger partial charge in [-0.05, 0) is 18.6 Å². The van der Waals surface area contributed by atoms with E-state index in [2.05, 4.69) is 11.1 Å². The van der Waals surface area contributed by atoms with Crippen LogP contribution in [0.4, 0.5) is 0 Å². The number of hydrogen-bond donors (Lipinski definition) is 0. The standard InChI is InChI=1S/C22H18N2O2S/c1-15-8-10-17(11-9-15)20-12-18(16-6-4-3-5-7-16)19(13-23)22(24-20)27-14-21(25)26-2/h3-12H,14H2,1-2H3. The highest BCUT2D eigenvalue weighted by Gasteiger charge is 2.17. The number of rotatable bonds is 5. The molecule has 3 aromatic rings. The number of aryl methyl sites for hydroxylation is 1. The first-order chi connectivity index (χ1) is 13.1. The van der Waals surface area contributed by atoms with E-state index in [1.54, 1.807) is 0 Å². The number of carbonyl (C=O) groups is 1. The summed E-state index contributed by atoms with van der Waals surface area (Å²) in [6, 6.07) is 22.0. The van der Waals surface area contributed by atoms with Crippen LogP contribution in [0.5, 0.6) is 0 Å². The molecule has 3 rings (SSSR count). The van der Waals surface area contributed by atoms with E-state index in [1.807, 2.05) is 67.6 Å². The van der Waals surface area contributed by atoms with Gasteiger partial charge in [0, 0.05) is 11.1 Å². The Kier molecular flexibility index (Phi) is 5.90. The number of nitriles is 1. The SMILES string of the molecule is COC(=O)CSc1nc(-c2ccc(C)cc2)cc(-c2ccccc2)c1C#N. The smallest absolute Gasteiger partial charge is 0.316 e. The molecule has 4 nitrogen and oxygen atoms in total. The van der Waals surface area contributed by atoms with Crippen molar-refractivity contribution in [3.05, 3.63) is 71.8 Å². The zero-order valence-corrected chi connectivity index (χ0v) is 15.9. The Bertz CT molecular complexity index is 993. The number of pyridine rings is 1. The molecule has 0 unspecified atom stereocenters. The maximum atomic E-state index is 11.6. The lowest BCUT2D eigenvalue weighted by Gasteiger charge is -2.12. The van der Waals surface area contributed by atoms with Crippen molar-refractivity contribution >= 4 is 17.7 Å². The number of esters is 1. The number of methoxy groups -OCH3 is 1. The van der Waals surface area contributed by atoms with Crippen molar-refractivity contribution in [2.45, 2.75) is 11.9 Å². The number of carbonyl (C=O) groups excluding carboxylic acids is 1. The van der Waals surface area contributed by atoms with E-state index in [4.69, 9.17) is 4.74 Å². The van der Waals surface area contributed by atoms with E-state index in [0.717, 1.165) is 27.9 Å². The highest BCUT2D eigenvalue weighted by atomic mass is 32.2. The summed E-state index contributed by atoms with van der Waals surface area (Å²) in [4.78, 5) is 16.2. The topological polar surface area (TPSA) is 63.0 Å². The molecule has 134 valence electrons. The largest absolute Gasteiger partial charge is 0.468 e. The number of ether oxygens (including phenoxy) is 1. The minimum absolute atomic E-state index is 0.101. The maximum absolute atomic E-state index is 11.6. The number of nitrogens with zero attached hydrogens (tertiary/aromatic N) is 2. The Morgan fingerprint density at radius 2 is 1.81 bits per heavy atom. The monoisotopic (exact) mass is 374 g/mol. The second kappa shape index (κ2) is 8.52. The maximum Gasteiger partial charge on any atom is 0.316 e. The van der Waals surface area contributed by atoms with Crippen LogP contribution in [0.25, 0.3) is 22.4 Å². The van der Waals surface area contributed by atoms with E-state index in [1.165, 1.54) is 18.9 Å². The molecule has 5 heteroatoms. The van der Waals surface area contributed by atoms with E-state index in [-0.39, 0.29) is 11.7 Å². The molecule has 0 saturated heterocycles. The highest BCUT2D eigenvalue weighted by Crippen LogP contribution is 2.34. The summed E-state index contributed by atoms with van der Waals surface area (Å²) in [5.41, 5.74) is 5.09. The molecule has 1 heterocycles. The minimum atomic E-state index is -0.354. The van der Waals surface area contributed by atoms with Crippen LogP contribution in [-0.4, -0.2) is 23.8 Å². The first-order valence-corrected chi connectivity index (χ1v) is 9.38. The fourth-order valence-corrected chi connectivity index (χ4v) is 3.47. The van der Waals surface area contributed by atoms with Gasteiger partial charge in [-0.3, -0.25) is 4.79 Å². The number of hydrogen-bond acceptors (Lipinski definition) is 5. The van der Waals surface area contributed by atoms with Gasteiger partial charge < -0.3 is 4.74 Å². The molecular weight excluding hydrogens is 356 g/mol. The normalized spacial score (nSPS) is 10.3. The van der Waals surface area contributed by atoms with Crippen LogP contribution in [0, 0.1) is 18.3 Å². The minimum Gasteiger partial charge on any atom is -0.468 e. The molecular formula is C22H18N2O2S. The van der Waals surface area contributed by atoms with Gasteiger partial charge in [-0.1, -0.05) is 71.9 Å². The molecule has 0 amide bonds. The molecule has 27 heavy (non-hydrogen) atoms. The average molecular weight is 374 g/mol. The summed E-state index contributed by atoms with van der Waals surface area (Å²) in [5, 5.41) is 10.3. The van der Waals surface area contributed by atoms with Gasteiger partial charge in [-0.25, -0.2) is 4.98 Å². The fourth-order valence-electron chi connectivity index (χ4n) is 2.64. The molecule has 0 aliphatic carbocycles. The third-order valence-corrected chi connectivity index (χ3v) is 5.03. The highest BCUT2D eigenvalue weighted by molar-refractivity contribution is 7.99. The molecule has 0 aliphatic heterocycles. The zero-order valence-electron chi connectivity index (χ0n) is 15.1. The van der Waals surface area contributed by atoms with Gasteiger partial charge in [0.25, 0.3) is 0 Å². The Labute approximate surface area is 162 Å². The molecule has 0 radical (unpaired) electrons. The van der Waals surface area contributed by atoms with Gasteiger partial charge in [-0.2, -0.15) is 5.26 Å². The summed E-state index contributed by atoms with van der Waals surface area (Å²) in [6.45, 7) is 2.03. The third-order valence-electron chi connectivity index (χ3n) is 4.08. The molecule has 0 fully saturated rings. The number of thioether (sulfide) groups is 1. The molecule has 2 aromatic carbocycles. The van der Waals surface area contributed by atoms with Crippen LogP contribution in [0.3, 0.4) is 0 Å². The third kappa shape index (κ3) is 4.36. The Morgan fingerprint density at radius 1 is 1.11 bits per heavy atom. The van der Waals surface area contributed by atoms with Gasteiger partial charge in [0.05, 0.1) is 24.1 Å². The molecule has 0 N–H and O–H groups in total. The Morgan fingerprint density at radius 3 is 2.44 bits per heavy atom. The summed E-state index contributed by atoms with van der Waals surface area (Å²) in [7, 11) is 1.35. The van der Waals surface area contributed by atoms with Gasteiger partial charge in [-0.15, -0.1) is 0 Å². The molecule has 1 aromatic heterocycles. The van der Waals surface area contributed by atoms with E-state index in [9.17, 15) is 10.1 Å². The van der Waals surface area contributed by atoms with Crippen LogP contribution in [0.15, 0.2) is 65.7 Å². The second-order valence-electron chi connectivity index (χ2n) is 5.94. The predicted molar refractivity (Wildman–Crippen MR) is 107 cm³/mol. The van der Waals surface area contributed by atoms with Crippen LogP contribution in [0.2, 0.25) is 0 Å². The molecule has 0 atom stereocenters. The first-order valence-electron chi connectivity index (χ1n) is 8.39. The first kappa shape index (κ1) is 18.7. The summed E-state index contributed by atoms with van der Waals surface area (Å²) in [6.07, 6.45) is 0. The summed E-state index contributed by atoms with van der Waals surface area (Å²) in [5.74, 6) is -0.253. The fraction of sp³-hybridized carbons (Fsp3) is 0.136.